The molecule has 1 amide bonds. The number of fused-ring (bicyclic) bond motifs is 1. The van der Waals surface area contributed by atoms with Gasteiger partial charge >= 0.3 is 0 Å². The summed E-state index contributed by atoms with van der Waals surface area (Å²) in [6.45, 7) is 3.49. The summed E-state index contributed by atoms with van der Waals surface area (Å²) < 4.78 is 5.74. The van der Waals surface area contributed by atoms with Crippen LogP contribution in [0.25, 0.3) is 0 Å². The number of carbonyl (C=O) groups is 2. The Balaban J connectivity index is 1.35. The third kappa shape index (κ3) is 4.11. The molecule has 2 atom stereocenters. The molecule has 1 N–H and O–H groups in total. The van der Waals surface area contributed by atoms with E-state index >= 15 is 0 Å². The SMILES string of the molecule is CC(=O)c1cccc(OCc2cc(C(=O)N3CC[C@@H]4CCCC[C@H]4C3)n[nH]2)c1. The van der Waals surface area contributed by atoms with E-state index in [1.54, 1.807) is 24.3 Å². The van der Waals surface area contributed by atoms with Gasteiger partial charge in [-0.1, -0.05) is 31.4 Å². The number of hydrogen-bond acceptors (Lipinski definition) is 4. The van der Waals surface area contributed by atoms with Gasteiger partial charge in [0.15, 0.2) is 11.5 Å². The average molecular weight is 381 g/mol. The van der Waals surface area contributed by atoms with Crippen molar-refractivity contribution in [3.8, 4) is 5.75 Å². The Morgan fingerprint density at radius 1 is 1.18 bits per heavy atom. The summed E-state index contributed by atoms with van der Waals surface area (Å²) in [5.74, 6) is 2.08. The summed E-state index contributed by atoms with van der Waals surface area (Å²) in [6.07, 6.45) is 6.31. The molecule has 1 saturated carbocycles. The van der Waals surface area contributed by atoms with Crippen LogP contribution in [0.2, 0.25) is 0 Å². The quantitative estimate of drug-likeness (QED) is 0.799. The van der Waals surface area contributed by atoms with Crippen LogP contribution < -0.4 is 4.74 Å². The van der Waals surface area contributed by atoms with E-state index in [4.69, 9.17) is 4.74 Å². The number of benzene rings is 1. The number of nitrogens with one attached hydrogen (secondary N) is 1. The summed E-state index contributed by atoms with van der Waals surface area (Å²) in [5.41, 5.74) is 1.80. The minimum atomic E-state index is 0.00149. The molecule has 1 aliphatic carbocycles. The van der Waals surface area contributed by atoms with Gasteiger partial charge in [-0.3, -0.25) is 14.7 Å². The van der Waals surface area contributed by atoms with Crippen molar-refractivity contribution in [3.63, 3.8) is 0 Å². The highest BCUT2D eigenvalue weighted by Gasteiger charge is 2.33. The second-order valence-corrected chi connectivity index (χ2v) is 8.00. The van der Waals surface area contributed by atoms with Crippen molar-refractivity contribution in [1.82, 2.24) is 15.1 Å². The summed E-state index contributed by atoms with van der Waals surface area (Å²) >= 11 is 0. The second kappa shape index (κ2) is 8.17. The molecule has 4 rings (SSSR count). The monoisotopic (exact) mass is 381 g/mol. The lowest BCUT2D eigenvalue weighted by atomic mass is 9.75. The Kier molecular flexibility index (Phi) is 5.46. The number of ketones is 1. The van der Waals surface area contributed by atoms with E-state index in [9.17, 15) is 9.59 Å². The van der Waals surface area contributed by atoms with Gasteiger partial charge in [0, 0.05) is 18.7 Å². The van der Waals surface area contributed by atoms with Crippen molar-refractivity contribution < 1.29 is 14.3 Å². The fourth-order valence-electron chi connectivity index (χ4n) is 4.46. The average Bonchev–Trinajstić information content (AvgIpc) is 3.20. The van der Waals surface area contributed by atoms with Crippen LogP contribution in [0, 0.1) is 11.8 Å². The van der Waals surface area contributed by atoms with Crippen molar-refractivity contribution in [2.75, 3.05) is 13.1 Å². The molecular weight excluding hydrogens is 354 g/mol. The Morgan fingerprint density at radius 2 is 2.00 bits per heavy atom. The molecular formula is C22H27N3O3. The zero-order valence-electron chi connectivity index (χ0n) is 16.3. The summed E-state index contributed by atoms with van der Waals surface area (Å²) in [6, 6.07) is 8.85. The zero-order chi connectivity index (χ0) is 19.5. The fraction of sp³-hybridized carbons (Fsp3) is 0.500. The van der Waals surface area contributed by atoms with Gasteiger partial charge in [0.25, 0.3) is 5.91 Å². The van der Waals surface area contributed by atoms with Crippen molar-refractivity contribution in [3.05, 3.63) is 47.3 Å². The number of piperidine rings is 1. The summed E-state index contributed by atoms with van der Waals surface area (Å²) in [5, 5.41) is 7.10. The Bertz CT molecular complexity index is 860. The first kappa shape index (κ1) is 18.7. The van der Waals surface area contributed by atoms with Crippen LogP contribution in [0.3, 0.4) is 0 Å². The highest BCUT2D eigenvalue weighted by atomic mass is 16.5. The Morgan fingerprint density at radius 3 is 2.82 bits per heavy atom. The summed E-state index contributed by atoms with van der Waals surface area (Å²) in [4.78, 5) is 26.3. The molecule has 6 nitrogen and oxygen atoms in total. The standard InChI is InChI=1S/C22H27N3O3/c1-15(26)17-7-4-8-20(11-17)28-14-19-12-21(24-23-19)22(27)25-10-9-16-5-2-3-6-18(16)13-25/h4,7-8,11-12,16,18H,2-3,5-6,9-10,13-14H2,1H3,(H,23,24)/t16-,18-/m0/s1. The minimum Gasteiger partial charge on any atom is -0.487 e. The smallest absolute Gasteiger partial charge is 0.274 e. The second-order valence-electron chi connectivity index (χ2n) is 8.00. The third-order valence-corrected chi connectivity index (χ3v) is 6.06. The highest BCUT2D eigenvalue weighted by Crippen LogP contribution is 2.36. The van der Waals surface area contributed by atoms with E-state index in [1.807, 2.05) is 11.0 Å². The molecule has 0 spiro atoms. The lowest BCUT2D eigenvalue weighted by Gasteiger charge is -2.41. The lowest BCUT2D eigenvalue weighted by molar-refractivity contribution is 0.0515. The number of aromatic nitrogens is 2. The van der Waals surface area contributed by atoms with E-state index in [1.165, 1.54) is 32.6 Å². The van der Waals surface area contributed by atoms with E-state index in [0.717, 1.165) is 31.1 Å². The van der Waals surface area contributed by atoms with Crippen molar-refractivity contribution in [2.45, 2.75) is 45.6 Å². The normalized spacial score (nSPS) is 21.8. The van der Waals surface area contributed by atoms with E-state index in [2.05, 4.69) is 10.2 Å². The maximum atomic E-state index is 12.8. The molecule has 2 fully saturated rings. The van der Waals surface area contributed by atoms with Crippen LogP contribution in [0.4, 0.5) is 0 Å². The predicted molar refractivity (Wildman–Crippen MR) is 105 cm³/mol. The van der Waals surface area contributed by atoms with E-state index in [0.29, 0.717) is 22.9 Å². The molecule has 6 heteroatoms. The van der Waals surface area contributed by atoms with Gasteiger partial charge in [0.1, 0.15) is 12.4 Å². The fourth-order valence-corrected chi connectivity index (χ4v) is 4.46. The molecule has 1 saturated heterocycles. The first-order valence-corrected chi connectivity index (χ1v) is 10.2. The topological polar surface area (TPSA) is 75.3 Å². The third-order valence-electron chi connectivity index (χ3n) is 6.06. The Hall–Kier alpha value is -2.63. The number of likely N-dealkylation sites (tertiary alicyclic amines) is 1. The number of nitrogens with zero attached hydrogens (tertiary/aromatic N) is 2. The van der Waals surface area contributed by atoms with Gasteiger partial charge in [0.2, 0.25) is 0 Å². The van der Waals surface area contributed by atoms with Gasteiger partial charge in [-0.15, -0.1) is 0 Å². The number of H-pyrrole nitrogens is 1. The largest absolute Gasteiger partial charge is 0.487 e. The number of carbonyl (C=O) groups excluding carboxylic acids is 2. The molecule has 1 aromatic carbocycles. The molecule has 2 heterocycles. The van der Waals surface area contributed by atoms with Crippen molar-refractivity contribution in [1.29, 1.82) is 0 Å². The molecule has 1 aromatic heterocycles. The summed E-state index contributed by atoms with van der Waals surface area (Å²) in [7, 11) is 0. The number of hydrogen-bond donors (Lipinski definition) is 1. The number of aromatic amines is 1. The molecule has 1 aliphatic heterocycles. The maximum Gasteiger partial charge on any atom is 0.274 e. The molecule has 0 bridgehead atoms. The minimum absolute atomic E-state index is 0.00149. The molecule has 2 aliphatic rings. The van der Waals surface area contributed by atoms with Crippen LogP contribution in [-0.4, -0.2) is 39.9 Å². The van der Waals surface area contributed by atoms with Gasteiger partial charge in [-0.2, -0.15) is 5.10 Å². The lowest BCUT2D eigenvalue weighted by Crippen LogP contribution is -2.44. The Labute approximate surface area is 165 Å². The first-order chi connectivity index (χ1) is 13.6. The van der Waals surface area contributed by atoms with Gasteiger partial charge in [-0.25, -0.2) is 0 Å². The van der Waals surface area contributed by atoms with Gasteiger partial charge < -0.3 is 9.64 Å². The van der Waals surface area contributed by atoms with Gasteiger partial charge in [-0.05, 0) is 49.8 Å². The molecule has 28 heavy (non-hydrogen) atoms. The van der Waals surface area contributed by atoms with Crippen LogP contribution >= 0.6 is 0 Å². The van der Waals surface area contributed by atoms with Crippen LogP contribution in [0.1, 0.15) is 65.6 Å². The van der Waals surface area contributed by atoms with Crippen molar-refractivity contribution >= 4 is 11.7 Å². The van der Waals surface area contributed by atoms with Crippen LogP contribution in [-0.2, 0) is 6.61 Å². The number of ether oxygens (including phenoxy) is 1. The molecule has 2 aromatic rings. The van der Waals surface area contributed by atoms with Crippen LogP contribution in [0.15, 0.2) is 30.3 Å². The number of rotatable bonds is 5. The molecule has 0 unspecified atom stereocenters. The van der Waals surface area contributed by atoms with E-state index in [-0.39, 0.29) is 18.3 Å². The highest BCUT2D eigenvalue weighted by molar-refractivity contribution is 5.94. The van der Waals surface area contributed by atoms with Crippen LogP contribution in [0.5, 0.6) is 5.75 Å². The zero-order valence-corrected chi connectivity index (χ0v) is 16.3. The predicted octanol–water partition coefficient (Wildman–Crippen LogP) is 3.84. The number of amides is 1. The first-order valence-electron chi connectivity index (χ1n) is 10.2. The molecule has 0 radical (unpaired) electrons. The van der Waals surface area contributed by atoms with Crippen molar-refractivity contribution in [2.24, 2.45) is 11.8 Å². The number of Topliss-reactive ketones (excluding diaryl/α,β-unsaturated/α-hetero) is 1. The molecule has 148 valence electrons. The van der Waals surface area contributed by atoms with Gasteiger partial charge in [0.05, 0.1) is 5.69 Å². The maximum absolute atomic E-state index is 12.8. The van der Waals surface area contributed by atoms with E-state index < -0.39 is 0 Å².